The van der Waals surface area contributed by atoms with Gasteiger partial charge in [0.25, 0.3) is 0 Å². The fourth-order valence-corrected chi connectivity index (χ4v) is 0.437. The van der Waals surface area contributed by atoms with Crippen LogP contribution in [0.1, 0.15) is 27.2 Å². The molecule has 0 aromatic rings. The lowest BCUT2D eigenvalue weighted by atomic mass is 9.85. The zero-order chi connectivity index (χ0) is 8.36. The highest BCUT2D eigenvalue weighted by Crippen LogP contribution is 2.19. The van der Waals surface area contributed by atoms with Crippen LogP contribution < -0.4 is 5.11 Å². The average molecular weight is 143 g/mol. The molecular formula is C7H11O3-. The molecule has 10 heavy (non-hydrogen) atoms. The molecular weight excluding hydrogens is 132 g/mol. The Kier molecular flexibility index (Phi) is 2.57. The normalized spacial score (nSPS) is 11.1. The molecule has 0 rings (SSSR count). The molecule has 58 valence electrons. The topological polar surface area (TPSA) is 57.2 Å². The van der Waals surface area contributed by atoms with Crippen LogP contribution in [0.4, 0.5) is 0 Å². The van der Waals surface area contributed by atoms with E-state index in [0.29, 0.717) is 6.42 Å². The third-order valence-electron chi connectivity index (χ3n) is 1.68. The molecule has 0 aliphatic heterocycles. The summed E-state index contributed by atoms with van der Waals surface area (Å²) < 4.78 is 0. The number of carbonyl (C=O) groups excluding carboxylic acids is 2. The lowest BCUT2D eigenvalue weighted by Gasteiger charge is -2.20. The van der Waals surface area contributed by atoms with E-state index >= 15 is 0 Å². The van der Waals surface area contributed by atoms with Gasteiger partial charge in [0.05, 0.1) is 0 Å². The number of aliphatic carboxylic acids is 1. The zero-order valence-corrected chi connectivity index (χ0v) is 6.43. The molecule has 0 aromatic heterocycles. The highest BCUT2D eigenvalue weighted by Gasteiger charge is 2.25. The van der Waals surface area contributed by atoms with Crippen molar-refractivity contribution < 1.29 is 14.7 Å². The summed E-state index contributed by atoms with van der Waals surface area (Å²) in [5.74, 6) is -2.41. The van der Waals surface area contributed by atoms with E-state index in [1.807, 2.05) is 0 Å². The van der Waals surface area contributed by atoms with Gasteiger partial charge in [-0.15, -0.1) is 0 Å². The van der Waals surface area contributed by atoms with Gasteiger partial charge in [0.15, 0.2) is 5.78 Å². The van der Waals surface area contributed by atoms with Crippen LogP contribution in [0.2, 0.25) is 0 Å². The van der Waals surface area contributed by atoms with Gasteiger partial charge in [0.2, 0.25) is 0 Å². The molecule has 0 aromatic carbocycles. The molecule has 0 amide bonds. The minimum Gasteiger partial charge on any atom is -0.542 e. The Hall–Kier alpha value is -0.860. The molecule has 0 aliphatic rings. The Morgan fingerprint density at radius 2 is 1.80 bits per heavy atom. The minimum absolute atomic E-state index is 0.514. The van der Waals surface area contributed by atoms with Crippen molar-refractivity contribution in [3.63, 3.8) is 0 Å². The first-order valence-corrected chi connectivity index (χ1v) is 3.17. The van der Waals surface area contributed by atoms with Crippen molar-refractivity contribution in [2.24, 2.45) is 5.41 Å². The molecule has 0 bridgehead atoms. The van der Waals surface area contributed by atoms with Crippen LogP contribution in [0.25, 0.3) is 0 Å². The number of carbonyl (C=O) groups is 2. The summed E-state index contributed by atoms with van der Waals surface area (Å²) >= 11 is 0. The summed E-state index contributed by atoms with van der Waals surface area (Å²) in [6.45, 7) is 4.94. The third kappa shape index (κ3) is 1.83. The fraction of sp³-hybridized carbons (Fsp3) is 0.714. The number of hydrogen-bond acceptors (Lipinski definition) is 3. The maximum absolute atomic E-state index is 10.7. The maximum atomic E-state index is 10.7. The van der Waals surface area contributed by atoms with Gasteiger partial charge in [-0.1, -0.05) is 20.8 Å². The van der Waals surface area contributed by atoms with Crippen molar-refractivity contribution in [1.29, 1.82) is 0 Å². The summed E-state index contributed by atoms with van der Waals surface area (Å²) in [5.41, 5.74) is -0.779. The van der Waals surface area contributed by atoms with E-state index in [1.54, 1.807) is 20.8 Å². The maximum Gasteiger partial charge on any atom is 0.183 e. The summed E-state index contributed by atoms with van der Waals surface area (Å²) in [6.07, 6.45) is 0.514. The molecule has 0 spiro atoms. The van der Waals surface area contributed by atoms with Crippen LogP contribution in [-0.2, 0) is 9.59 Å². The van der Waals surface area contributed by atoms with Crippen molar-refractivity contribution in [1.82, 2.24) is 0 Å². The third-order valence-corrected chi connectivity index (χ3v) is 1.68. The largest absolute Gasteiger partial charge is 0.542 e. The first kappa shape index (κ1) is 9.14. The standard InChI is InChI=1S/C7H12O3/c1-4-7(2,3)5(8)6(9)10/h4H2,1-3H3,(H,9,10)/p-1. The number of rotatable bonds is 3. The van der Waals surface area contributed by atoms with Crippen molar-refractivity contribution in [3.8, 4) is 0 Å². The van der Waals surface area contributed by atoms with Gasteiger partial charge in [-0.2, -0.15) is 0 Å². The second-order valence-electron chi connectivity index (χ2n) is 2.85. The Labute approximate surface area is 60.0 Å². The van der Waals surface area contributed by atoms with Crippen molar-refractivity contribution in [2.75, 3.05) is 0 Å². The van der Waals surface area contributed by atoms with Crippen LogP contribution in [0.5, 0.6) is 0 Å². The smallest absolute Gasteiger partial charge is 0.183 e. The monoisotopic (exact) mass is 143 g/mol. The van der Waals surface area contributed by atoms with Gasteiger partial charge < -0.3 is 9.90 Å². The highest BCUT2D eigenvalue weighted by molar-refractivity contribution is 6.33. The first-order valence-electron chi connectivity index (χ1n) is 3.17. The van der Waals surface area contributed by atoms with E-state index < -0.39 is 17.2 Å². The molecule has 0 atom stereocenters. The van der Waals surface area contributed by atoms with Crippen molar-refractivity contribution >= 4 is 11.8 Å². The minimum atomic E-state index is -1.59. The van der Waals surface area contributed by atoms with E-state index in [2.05, 4.69) is 0 Å². The van der Waals surface area contributed by atoms with Crippen molar-refractivity contribution in [3.05, 3.63) is 0 Å². The van der Waals surface area contributed by atoms with E-state index in [9.17, 15) is 14.7 Å². The predicted molar refractivity (Wildman–Crippen MR) is 34.1 cm³/mol. The number of ketones is 1. The molecule has 3 heteroatoms. The SMILES string of the molecule is CCC(C)(C)C(=O)C(=O)[O-]. The molecule has 0 radical (unpaired) electrons. The fourth-order valence-electron chi connectivity index (χ4n) is 0.437. The zero-order valence-electron chi connectivity index (χ0n) is 6.43. The van der Waals surface area contributed by atoms with Crippen LogP contribution >= 0.6 is 0 Å². The van der Waals surface area contributed by atoms with Crippen LogP contribution in [0.15, 0.2) is 0 Å². The molecule has 0 heterocycles. The van der Waals surface area contributed by atoms with Gasteiger partial charge >= 0.3 is 0 Å². The Balaban J connectivity index is 4.33. The van der Waals surface area contributed by atoms with Crippen molar-refractivity contribution in [2.45, 2.75) is 27.2 Å². The second kappa shape index (κ2) is 2.82. The summed E-state index contributed by atoms with van der Waals surface area (Å²) in [5, 5.41) is 10.0. The van der Waals surface area contributed by atoms with Crippen LogP contribution in [-0.4, -0.2) is 11.8 Å². The molecule has 0 N–H and O–H groups in total. The van der Waals surface area contributed by atoms with E-state index in [0.717, 1.165) is 0 Å². The molecule has 0 fully saturated rings. The molecule has 0 saturated carbocycles. The van der Waals surface area contributed by atoms with Crippen LogP contribution in [0, 0.1) is 5.41 Å². The predicted octanol–water partition coefficient (Wildman–Crippen LogP) is -0.258. The Morgan fingerprint density at radius 3 is 1.90 bits per heavy atom. The Bertz CT molecular complexity index is 158. The molecule has 3 nitrogen and oxygen atoms in total. The van der Waals surface area contributed by atoms with Gasteiger partial charge in [-0.25, -0.2) is 0 Å². The summed E-state index contributed by atoms with van der Waals surface area (Å²) in [6, 6.07) is 0. The number of hydrogen-bond donors (Lipinski definition) is 0. The highest BCUT2D eigenvalue weighted by atomic mass is 16.4. The molecule has 0 saturated heterocycles. The van der Waals surface area contributed by atoms with E-state index in [-0.39, 0.29) is 0 Å². The van der Waals surface area contributed by atoms with Gasteiger partial charge in [-0.05, 0) is 6.42 Å². The number of carboxylic acid groups (broad SMARTS) is 1. The number of carboxylic acids is 1. The van der Waals surface area contributed by atoms with E-state index in [1.165, 1.54) is 0 Å². The molecule has 0 unspecified atom stereocenters. The summed E-state index contributed by atoms with van der Waals surface area (Å²) in [4.78, 5) is 20.8. The lowest BCUT2D eigenvalue weighted by molar-refractivity contribution is -0.301. The van der Waals surface area contributed by atoms with Crippen LogP contribution in [0.3, 0.4) is 0 Å². The first-order chi connectivity index (χ1) is 4.41. The van der Waals surface area contributed by atoms with Gasteiger partial charge in [-0.3, -0.25) is 4.79 Å². The number of Topliss-reactive ketones (excluding diaryl/α,β-unsaturated/α-hetero) is 1. The molecule has 0 aliphatic carbocycles. The van der Waals surface area contributed by atoms with Gasteiger partial charge in [0.1, 0.15) is 5.97 Å². The van der Waals surface area contributed by atoms with E-state index in [4.69, 9.17) is 0 Å². The lowest BCUT2D eigenvalue weighted by Crippen LogP contribution is -2.40. The Morgan fingerprint density at radius 1 is 1.40 bits per heavy atom. The van der Waals surface area contributed by atoms with Gasteiger partial charge in [0, 0.05) is 5.41 Å². The quantitative estimate of drug-likeness (QED) is 0.511. The summed E-state index contributed by atoms with van der Waals surface area (Å²) in [7, 11) is 0. The second-order valence-corrected chi connectivity index (χ2v) is 2.85. The average Bonchev–Trinajstić information content (AvgIpc) is 1.86.